The van der Waals surface area contributed by atoms with E-state index < -0.39 is 0 Å². The number of rotatable bonds is 8. The maximum atomic E-state index is 4.10. The van der Waals surface area contributed by atoms with E-state index in [1.807, 2.05) is 11.6 Å². The van der Waals surface area contributed by atoms with Gasteiger partial charge >= 0.3 is 0 Å². The van der Waals surface area contributed by atoms with Crippen LogP contribution in [-0.4, -0.2) is 40.2 Å². The quantitative estimate of drug-likeness (QED) is 0.403. The molecule has 2 atom stereocenters. The third kappa shape index (κ3) is 4.62. The minimum atomic E-state index is 0.323. The summed E-state index contributed by atoms with van der Waals surface area (Å²) < 4.78 is 1.95. The minimum absolute atomic E-state index is 0.323. The largest absolute Gasteiger partial charge is 0.315 e. The van der Waals surface area contributed by atoms with Crippen molar-refractivity contribution in [3.8, 4) is 11.1 Å². The summed E-state index contributed by atoms with van der Waals surface area (Å²) in [6.07, 6.45) is 1.74. The number of nitrogens with zero attached hydrogens (tertiary/aromatic N) is 3. The molecule has 146 valence electrons. The summed E-state index contributed by atoms with van der Waals surface area (Å²) in [4.78, 5) is 0. The highest BCUT2D eigenvalue weighted by Gasteiger charge is 2.27. The van der Waals surface area contributed by atoms with Gasteiger partial charge in [-0.2, -0.15) is 0 Å². The van der Waals surface area contributed by atoms with Gasteiger partial charge in [0.25, 0.3) is 0 Å². The molecule has 1 aliphatic heterocycles. The van der Waals surface area contributed by atoms with Gasteiger partial charge in [0, 0.05) is 38.4 Å². The van der Waals surface area contributed by atoms with Gasteiger partial charge in [-0.3, -0.25) is 5.43 Å². The molecule has 0 spiro atoms. The van der Waals surface area contributed by atoms with E-state index in [1.165, 1.54) is 16.7 Å². The topological polar surface area (TPSA) is 66.8 Å². The molecule has 0 aliphatic carbocycles. The fourth-order valence-electron chi connectivity index (χ4n) is 3.50. The van der Waals surface area contributed by atoms with Crippen LogP contribution >= 0.6 is 11.8 Å². The molecule has 1 aliphatic rings. The van der Waals surface area contributed by atoms with Crippen molar-refractivity contribution in [1.29, 1.82) is 0 Å². The van der Waals surface area contributed by atoms with Crippen molar-refractivity contribution in [2.75, 3.05) is 25.4 Å². The molecule has 3 N–H and O–H groups in total. The van der Waals surface area contributed by atoms with Crippen molar-refractivity contribution in [3.63, 3.8) is 0 Å². The van der Waals surface area contributed by atoms with E-state index in [0.717, 1.165) is 30.5 Å². The zero-order valence-corrected chi connectivity index (χ0v) is 16.8. The molecule has 0 bridgehead atoms. The van der Waals surface area contributed by atoms with E-state index in [0.29, 0.717) is 12.0 Å². The second kappa shape index (κ2) is 9.34. The molecular formula is C21H26N6S. The Hall–Kier alpha value is -2.19. The van der Waals surface area contributed by atoms with Crippen LogP contribution in [0.1, 0.15) is 11.6 Å². The predicted octanol–water partition coefficient (Wildman–Crippen LogP) is 2.63. The summed E-state index contributed by atoms with van der Waals surface area (Å²) >= 11 is 1.73. The lowest BCUT2D eigenvalue weighted by molar-refractivity contribution is 0.448. The number of hydrogen-bond donors (Lipinski definition) is 3. The van der Waals surface area contributed by atoms with Gasteiger partial charge in [-0.05, 0) is 16.7 Å². The Morgan fingerprint density at radius 1 is 1.11 bits per heavy atom. The van der Waals surface area contributed by atoms with E-state index in [4.69, 9.17) is 0 Å². The number of hydrazine groups is 1. The highest BCUT2D eigenvalue weighted by Crippen LogP contribution is 2.27. The fourth-order valence-corrected chi connectivity index (χ4v) is 4.28. The lowest BCUT2D eigenvalue weighted by Crippen LogP contribution is -2.30. The first kappa shape index (κ1) is 19.1. The monoisotopic (exact) mass is 394 g/mol. The molecule has 6 nitrogen and oxygen atoms in total. The van der Waals surface area contributed by atoms with Crippen LogP contribution in [0, 0.1) is 5.92 Å². The van der Waals surface area contributed by atoms with Crippen LogP contribution in [0.2, 0.25) is 0 Å². The Morgan fingerprint density at radius 2 is 1.89 bits per heavy atom. The minimum Gasteiger partial charge on any atom is -0.315 e. The van der Waals surface area contributed by atoms with Crippen LogP contribution in [0.4, 0.5) is 0 Å². The number of thioether (sulfide) groups is 1. The first-order valence-corrected chi connectivity index (χ1v) is 10.6. The van der Waals surface area contributed by atoms with Crippen LogP contribution in [0.15, 0.2) is 66.1 Å². The molecule has 1 aromatic heterocycles. The molecule has 1 saturated heterocycles. The highest BCUT2D eigenvalue weighted by molar-refractivity contribution is 7.99. The van der Waals surface area contributed by atoms with E-state index in [2.05, 4.69) is 81.0 Å². The Kier molecular flexibility index (Phi) is 6.38. The molecule has 3 aromatic rings. The fraction of sp³-hybridized carbons (Fsp3) is 0.333. The van der Waals surface area contributed by atoms with Gasteiger partial charge < -0.3 is 9.88 Å². The molecule has 0 saturated carbocycles. The zero-order valence-electron chi connectivity index (χ0n) is 16.0. The Bertz CT molecular complexity index is 864. The number of benzene rings is 2. The molecule has 0 radical (unpaired) electrons. The van der Waals surface area contributed by atoms with E-state index in [-0.39, 0.29) is 0 Å². The van der Waals surface area contributed by atoms with Crippen molar-refractivity contribution < 1.29 is 0 Å². The van der Waals surface area contributed by atoms with Crippen LogP contribution in [0.25, 0.3) is 11.1 Å². The van der Waals surface area contributed by atoms with Crippen molar-refractivity contribution in [2.24, 2.45) is 13.0 Å². The lowest BCUT2D eigenvalue weighted by Gasteiger charge is -2.19. The normalized spacial score (nSPS) is 19.2. The third-order valence-electron chi connectivity index (χ3n) is 5.06. The van der Waals surface area contributed by atoms with Crippen LogP contribution in [-0.2, 0) is 7.05 Å². The van der Waals surface area contributed by atoms with Crippen LogP contribution < -0.4 is 16.2 Å². The second-order valence-corrected chi connectivity index (χ2v) is 8.09. The Morgan fingerprint density at radius 3 is 2.64 bits per heavy atom. The van der Waals surface area contributed by atoms with E-state index in [1.54, 1.807) is 18.1 Å². The lowest BCUT2D eigenvalue weighted by atomic mass is 9.93. The van der Waals surface area contributed by atoms with E-state index >= 15 is 0 Å². The maximum absolute atomic E-state index is 4.10. The molecule has 2 heterocycles. The van der Waals surface area contributed by atoms with Crippen molar-refractivity contribution in [3.05, 3.63) is 66.5 Å². The summed E-state index contributed by atoms with van der Waals surface area (Å²) in [5, 5.41) is 12.6. The van der Waals surface area contributed by atoms with Gasteiger partial charge in [0.1, 0.15) is 6.33 Å². The van der Waals surface area contributed by atoms with Crippen molar-refractivity contribution >= 4 is 11.8 Å². The van der Waals surface area contributed by atoms with Crippen LogP contribution in [0.3, 0.4) is 0 Å². The number of aryl methyl sites for hydroxylation is 1. The molecule has 28 heavy (non-hydrogen) atoms. The average Bonchev–Trinajstić information content (AvgIpc) is 3.37. The Balaban J connectivity index is 1.28. The van der Waals surface area contributed by atoms with Gasteiger partial charge in [-0.1, -0.05) is 66.4 Å². The van der Waals surface area contributed by atoms with Gasteiger partial charge in [0.05, 0.1) is 6.04 Å². The highest BCUT2D eigenvalue weighted by atomic mass is 32.2. The third-order valence-corrected chi connectivity index (χ3v) is 6.09. The smallest absolute Gasteiger partial charge is 0.190 e. The molecular weight excluding hydrogens is 368 g/mol. The summed E-state index contributed by atoms with van der Waals surface area (Å²) in [6.45, 7) is 2.90. The second-order valence-electron chi connectivity index (χ2n) is 7.03. The molecule has 7 heteroatoms. The van der Waals surface area contributed by atoms with Gasteiger partial charge in [-0.15, -0.1) is 10.2 Å². The van der Waals surface area contributed by atoms with Gasteiger partial charge in [0.15, 0.2) is 5.16 Å². The Labute approximate surface area is 170 Å². The number of nitrogens with one attached hydrogen (secondary N) is 3. The summed E-state index contributed by atoms with van der Waals surface area (Å²) in [5.74, 6) is 1.50. The summed E-state index contributed by atoms with van der Waals surface area (Å²) in [5.41, 5.74) is 10.6. The van der Waals surface area contributed by atoms with Crippen molar-refractivity contribution in [1.82, 2.24) is 30.9 Å². The number of aromatic nitrogens is 3. The van der Waals surface area contributed by atoms with E-state index in [9.17, 15) is 0 Å². The summed E-state index contributed by atoms with van der Waals surface area (Å²) in [6, 6.07) is 19.7. The molecule has 1 fully saturated rings. The maximum Gasteiger partial charge on any atom is 0.190 e. The molecule has 0 amide bonds. The summed E-state index contributed by atoms with van der Waals surface area (Å²) in [7, 11) is 1.97. The first-order valence-electron chi connectivity index (χ1n) is 9.62. The molecule has 2 aromatic carbocycles. The average molecular weight is 395 g/mol. The van der Waals surface area contributed by atoms with Gasteiger partial charge in [-0.25, -0.2) is 5.43 Å². The van der Waals surface area contributed by atoms with Gasteiger partial charge in [0.2, 0.25) is 0 Å². The first-order chi connectivity index (χ1) is 13.8. The number of hydrogen-bond acceptors (Lipinski definition) is 6. The van der Waals surface area contributed by atoms with Crippen LogP contribution in [0.5, 0.6) is 0 Å². The SMILES string of the molecule is Cn1cnnc1SCCNCC1CNNC1c1ccc(-c2ccccc2)cc1. The molecule has 2 unspecified atom stereocenters. The standard InChI is InChI=1S/C21H26N6S/c1-27-15-24-26-21(27)28-12-11-22-13-19-14-23-25-20(19)18-9-7-17(8-10-18)16-5-3-2-4-6-16/h2-10,15,19-20,22-23,25H,11-14H2,1H3. The zero-order chi connectivity index (χ0) is 19.2. The van der Waals surface area contributed by atoms with Crippen molar-refractivity contribution in [2.45, 2.75) is 11.2 Å². The molecule has 4 rings (SSSR count). The predicted molar refractivity (Wildman–Crippen MR) is 114 cm³/mol.